The van der Waals surface area contributed by atoms with Gasteiger partial charge in [-0.25, -0.2) is 0 Å². The Balaban J connectivity index is 1.39. The van der Waals surface area contributed by atoms with Crippen LogP contribution in [0.25, 0.3) is 11.1 Å². The van der Waals surface area contributed by atoms with E-state index in [1.54, 1.807) is 0 Å². The van der Waals surface area contributed by atoms with Gasteiger partial charge in [0.1, 0.15) is 5.52 Å². The van der Waals surface area contributed by atoms with Crippen LogP contribution in [0.15, 0.2) is 28.7 Å². The summed E-state index contributed by atoms with van der Waals surface area (Å²) < 4.78 is 11.2. The highest BCUT2D eigenvalue weighted by Crippen LogP contribution is 2.24. The van der Waals surface area contributed by atoms with E-state index in [0.717, 1.165) is 56.7 Å². The highest BCUT2D eigenvalue weighted by Gasteiger charge is 2.29. The number of fused-ring (bicyclic) bond motifs is 1. The zero-order valence-electron chi connectivity index (χ0n) is 12.1. The van der Waals surface area contributed by atoms with Crippen LogP contribution in [-0.2, 0) is 4.74 Å². The molecule has 1 unspecified atom stereocenters. The molecule has 0 amide bonds. The fourth-order valence-electron chi connectivity index (χ4n) is 3.40. The van der Waals surface area contributed by atoms with Crippen LogP contribution in [0.2, 0.25) is 0 Å². The fraction of sp³-hybridized carbons (Fsp3) is 0.562. The molecule has 2 saturated heterocycles. The monoisotopic (exact) mass is 287 g/mol. The number of oxazole rings is 1. The maximum absolute atomic E-state index is 5.75. The predicted molar refractivity (Wildman–Crippen MR) is 81.5 cm³/mol. The van der Waals surface area contributed by atoms with Crippen LogP contribution in [0.5, 0.6) is 0 Å². The van der Waals surface area contributed by atoms with Gasteiger partial charge in [-0.05, 0) is 31.4 Å². The molecule has 0 aliphatic carbocycles. The maximum Gasteiger partial charge on any atom is 0.295 e. The number of ether oxygens (including phenoxy) is 1. The van der Waals surface area contributed by atoms with Crippen LogP contribution in [-0.4, -0.2) is 48.3 Å². The third-order valence-electron chi connectivity index (χ3n) is 4.55. The van der Waals surface area contributed by atoms with Gasteiger partial charge in [0.05, 0.1) is 0 Å². The number of anilines is 1. The molecule has 2 aromatic rings. The summed E-state index contributed by atoms with van der Waals surface area (Å²) in [6, 6.07) is 9.66. The molecule has 2 aliphatic rings. The Bertz CT molecular complexity index is 573. The number of hydrogen-bond acceptors (Lipinski definition) is 5. The molecule has 1 atom stereocenters. The minimum Gasteiger partial charge on any atom is -0.424 e. The van der Waals surface area contributed by atoms with Crippen LogP contribution >= 0.6 is 0 Å². The summed E-state index contributed by atoms with van der Waals surface area (Å²) in [7, 11) is 0. The summed E-state index contributed by atoms with van der Waals surface area (Å²) in [5.41, 5.74) is 1.76. The number of hydrogen-bond donors (Lipinski definition) is 1. The average molecular weight is 287 g/mol. The molecule has 1 aromatic carbocycles. The van der Waals surface area contributed by atoms with Crippen LogP contribution in [0.1, 0.15) is 19.3 Å². The van der Waals surface area contributed by atoms with Gasteiger partial charge in [0.2, 0.25) is 0 Å². The minimum atomic E-state index is 0.431. The lowest BCUT2D eigenvalue weighted by atomic mass is 10.1. The lowest BCUT2D eigenvalue weighted by Crippen LogP contribution is -2.39. The van der Waals surface area contributed by atoms with Gasteiger partial charge in [-0.3, -0.25) is 4.90 Å². The number of para-hydroxylation sites is 2. The Labute approximate surface area is 124 Å². The van der Waals surface area contributed by atoms with Crippen LogP contribution in [0.3, 0.4) is 0 Å². The number of likely N-dealkylation sites (tertiary alicyclic amines) is 1. The molecule has 1 aromatic heterocycles. The molecule has 0 saturated carbocycles. The first-order valence-corrected chi connectivity index (χ1v) is 7.82. The lowest BCUT2D eigenvalue weighted by molar-refractivity contribution is 0.0421. The number of nitrogens with zero attached hydrogens (tertiary/aromatic N) is 2. The quantitative estimate of drug-likeness (QED) is 0.940. The number of benzene rings is 1. The van der Waals surface area contributed by atoms with Crippen LogP contribution in [0, 0.1) is 0 Å². The summed E-state index contributed by atoms with van der Waals surface area (Å²) in [5.74, 6) is 0. The van der Waals surface area contributed by atoms with Crippen molar-refractivity contribution in [2.75, 3.05) is 31.6 Å². The second-order valence-corrected chi connectivity index (χ2v) is 5.96. The van der Waals surface area contributed by atoms with Crippen molar-refractivity contribution in [3.05, 3.63) is 24.3 Å². The lowest BCUT2D eigenvalue weighted by Gasteiger charge is -2.30. The van der Waals surface area contributed by atoms with Crippen molar-refractivity contribution in [2.45, 2.75) is 31.3 Å². The van der Waals surface area contributed by atoms with Crippen LogP contribution in [0.4, 0.5) is 6.01 Å². The topological polar surface area (TPSA) is 50.5 Å². The van der Waals surface area contributed by atoms with E-state index < -0.39 is 0 Å². The Morgan fingerprint density at radius 2 is 2.00 bits per heavy atom. The molecule has 1 N–H and O–H groups in total. The van der Waals surface area contributed by atoms with E-state index in [0.29, 0.717) is 18.1 Å². The molecule has 21 heavy (non-hydrogen) atoms. The zero-order chi connectivity index (χ0) is 14.1. The van der Waals surface area contributed by atoms with Crippen molar-refractivity contribution < 1.29 is 9.15 Å². The van der Waals surface area contributed by atoms with Crippen molar-refractivity contribution in [1.82, 2.24) is 9.88 Å². The molecular weight excluding hydrogens is 266 g/mol. The van der Waals surface area contributed by atoms with Crippen molar-refractivity contribution in [3.63, 3.8) is 0 Å². The largest absolute Gasteiger partial charge is 0.424 e. The normalized spacial score (nSPS) is 24.7. The summed E-state index contributed by atoms with van der Waals surface area (Å²) >= 11 is 0. The number of aromatic nitrogens is 1. The van der Waals surface area contributed by atoms with E-state index in [-0.39, 0.29) is 0 Å². The molecule has 2 aliphatic heterocycles. The third-order valence-corrected chi connectivity index (χ3v) is 4.55. The summed E-state index contributed by atoms with van der Waals surface area (Å²) in [6.07, 6.45) is 3.47. The molecule has 0 radical (unpaired) electrons. The standard InChI is InChI=1S/C16H21N3O2/c1-2-4-15-14(3-1)18-16(21-15)17-12-5-8-19(11-12)13-6-9-20-10-7-13/h1-4,12-13H,5-11H2,(H,17,18). The molecule has 2 fully saturated rings. The van der Waals surface area contributed by atoms with E-state index in [2.05, 4.69) is 15.2 Å². The van der Waals surface area contributed by atoms with Crippen molar-refractivity contribution in [2.24, 2.45) is 0 Å². The molecule has 4 rings (SSSR count). The van der Waals surface area contributed by atoms with E-state index in [4.69, 9.17) is 9.15 Å². The molecule has 5 nitrogen and oxygen atoms in total. The van der Waals surface area contributed by atoms with E-state index >= 15 is 0 Å². The van der Waals surface area contributed by atoms with Gasteiger partial charge >= 0.3 is 0 Å². The number of nitrogens with one attached hydrogen (secondary N) is 1. The highest BCUT2D eigenvalue weighted by atomic mass is 16.5. The summed E-state index contributed by atoms with van der Waals surface area (Å²) in [5, 5.41) is 3.45. The molecule has 0 spiro atoms. The van der Waals surface area contributed by atoms with Gasteiger partial charge in [-0.15, -0.1) is 0 Å². The van der Waals surface area contributed by atoms with Gasteiger partial charge in [-0.1, -0.05) is 12.1 Å². The first kappa shape index (κ1) is 13.1. The Hall–Kier alpha value is -1.59. The van der Waals surface area contributed by atoms with E-state index in [9.17, 15) is 0 Å². The smallest absolute Gasteiger partial charge is 0.295 e. The first-order valence-electron chi connectivity index (χ1n) is 7.82. The molecular formula is C16H21N3O2. The maximum atomic E-state index is 5.75. The summed E-state index contributed by atoms with van der Waals surface area (Å²) in [4.78, 5) is 7.08. The van der Waals surface area contributed by atoms with Gasteiger partial charge < -0.3 is 14.5 Å². The van der Waals surface area contributed by atoms with Crippen molar-refractivity contribution in [3.8, 4) is 0 Å². The van der Waals surface area contributed by atoms with Gasteiger partial charge in [0.25, 0.3) is 6.01 Å². The molecule has 112 valence electrons. The Morgan fingerprint density at radius 3 is 2.86 bits per heavy atom. The molecule has 3 heterocycles. The Morgan fingerprint density at radius 1 is 1.14 bits per heavy atom. The van der Waals surface area contributed by atoms with Gasteiger partial charge in [0, 0.05) is 38.4 Å². The first-order chi connectivity index (χ1) is 10.4. The van der Waals surface area contributed by atoms with Crippen LogP contribution < -0.4 is 5.32 Å². The zero-order valence-corrected chi connectivity index (χ0v) is 12.1. The van der Waals surface area contributed by atoms with Crippen molar-refractivity contribution >= 4 is 17.1 Å². The van der Waals surface area contributed by atoms with Gasteiger partial charge in [-0.2, -0.15) is 4.98 Å². The Kier molecular flexibility index (Phi) is 3.53. The SMILES string of the molecule is c1ccc2oc(NC3CCN(C4CCOCC4)C3)nc2c1. The fourth-order valence-corrected chi connectivity index (χ4v) is 3.40. The minimum absolute atomic E-state index is 0.431. The second-order valence-electron chi connectivity index (χ2n) is 5.96. The third kappa shape index (κ3) is 2.76. The average Bonchev–Trinajstić information content (AvgIpc) is 3.14. The predicted octanol–water partition coefficient (Wildman–Crippen LogP) is 2.49. The van der Waals surface area contributed by atoms with E-state index in [1.165, 1.54) is 0 Å². The molecule has 0 bridgehead atoms. The second kappa shape index (κ2) is 5.66. The number of rotatable bonds is 3. The summed E-state index contributed by atoms with van der Waals surface area (Å²) in [6.45, 7) is 4.04. The highest BCUT2D eigenvalue weighted by molar-refractivity contribution is 5.74. The van der Waals surface area contributed by atoms with Crippen molar-refractivity contribution in [1.29, 1.82) is 0 Å². The molecule has 5 heteroatoms. The van der Waals surface area contributed by atoms with E-state index in [1.807, 2.05) is 24.3 Å². The van der Waals surface area contributed by atoms with Gasteiger partial charge in [0.15, 0.2) is 5.58 Å².